The molecule has 3 nitrogen and oxygen atoms in total. The summed E-state index contributed by atoms with van der Waals surface area (Å²) in [7, 11) is 1.40. The molecule has 116 valence electrons. The molecule has 0 aromatic heterocycles. The Bertz CT molecular complexity index is 437. The van der Waals surface area contributed by atoms with Gasteiger partial charge in [0, 0.05) is 0 Å². The van der Waals surface area contributed by atoms with E-state index in [2.05, 4.69) is 0 Å². The van der Waals surface area contributed by atoms with Crippen LogP contribution in [-0.2, 0) is 9.53 Å². The van der Waals surface area contributed by atoms with Crippen LogP contribution in [0.5, 0.6) is 0 Å². The lowest BCUT2D eigenvalue weighted by atomic mass is 9.74. The van der Waals surface area contributed by atoms with Gasteiger partial charge in [0.2, 0.25) is 0 Å². The van der Waals surface area contributed by atoms with Gasteiger partial charge in [-0.1, -0.05) is 56.5 Å². The van der Waals surface area contributed by atoms with Crippen molar-refractivity contribution >= 4 is 5.97 Å². The van der Waals surface area contributed by atoms with Crippen LogP contribution in [0.4, 0.5) is 0 Å². The molecule has 0 radical (unpaired) electrons. The Morgan fingerprint density at radius 2 is 1.81 bits per heavy atom. The fraction of sp³-hybridized carbons (Fsp3) is 0.611. The largest absolute Gasteiger partial charge is 0.469 e. The van der Waals surface area contributed by atoms with Crippen LogP contribution in [0, 0.1) is 11.8 Å². The third kappa shape index (κ3) is 3.85. The van der Waals surface area contributed by atoms with Crippen LogP contribution < -0.4 is 0 Å². The van der Waals surface area contributed by atoms with Gasteiger partial charge in [0.25, 0.3) is 0 Å². The summed E-state index contributed by atoms with van der Waals surface area (Å²) in [5.41, 5.74) is 1.07. The summed E-state index contributed by atoms with van der Waals surface area (Å²) >= 11 is 0. The van der Waals surface area contributed by atoms with E-state index in [4.69, 9.17) is 4.74 Å². The number of hydrogen-bond donors (Lipinski definition) is 1. The first-order valence-corrected chi connectivity index (χ1v) is 7.96. The molecule has 1 aromatic carbocycles. The van der Waals surface area contributed by atoms with Crippen LogP contribution in [0.25, 0.3) is 0 Å². The van der Waals surface area contributed by atoms with Crippen molar-refractivity contribution in [2.45, 2.75) is 51.0 Å². The van der Waals surface area contributed by atoms with Gasteiger partial charge in [0.05, 0.1) is 19.1 Å². The highest BCUT2D eigenvalue weighted by molar-refractivity contribution is 5.74. The lowest BCUT2D eigenvalue weighted by Gasteiger charge is -2.34. The number of aliphatic hydroxyl groups excluding tert-OH is 1. The fourth-order valence-electron chi connectivity index (χ4n) is 3.51. The maximum Gasteiger partial charge on any atom is 0.311 e. The van der Waals surface area contributed by atoms with E-state index in [0.717, 1.165) is 31.2 Å². The second-order valence-electron chi connectivity index (χ2n) is 6.14. The Morgan fingerprint density at radius 1 is 1.19 bits per heavy atom. The van der Waals surface area contributed by atoms with Crippen molar-refractivity contribution in [2.75, 3.05) is 7.11 Å². The molecule has 0 aliphatic heterocycles. The summed E-state index contributed by atoms with van der Waals surface area (Å²) in [6.07, 6.45) is 4.94. The molecule has 0 unspecified atom stereocenters. The molecule has 0 saturated heterocycles. The Morgan fingerprint density at radius 3 is 2.38 bits per heavy atom. The Balaban J connectivity index is 2.19. The highest BCUT2D eigenvalue weighted by Crippen LogP contribution is 2.36. The third-order valence-corrected chi connectivity index (χ3v) is 4.84. The van der Waals surface area contributed by atoms with Gasteiger partial charge in [0.15, 0.2) is 0 Å². The van der Waals surface area contributed by atoms with Crippen molar-refractivity contribution < 1.29 is 14.6 Å². The number of hydrogen-bond acceptors (Lipinski definition) is 3. The van der Waals surface area contributed by atoms with Gasteiger partial charge in [-0.3, -0.25) is 4.79 Å². The summed E-state index contributed by atoms with van der Waals surface area (Å²) < 4.78 is 4.97. The van der Waals surface area contributed by atoms with Crippen LogP contribution in [0.1, 0.15) is 50.5 Å². The Labute approximate surface area is 127 Å². The zero-order valence-corrected chi connectivity index (χ0v) is 13.0. The van der Waals surface area contributed by atoms with Gasteiger partial charge in [-0.05, 0) is 30.2 Å². The zero-order valence-electron chi connectivity index (χ0n) is 13.0. The molecule has 1 fully saturated rings. The summed E-state index contributed by atoms with van der Waals surface area (Å²) in [5, 5.41) is 10.8. The first-order valence-electron chi connectivity index (χ1n) is 7.96. The van der Waals surface area contributed by atoms with E-state index in [1.807, 2.05) is 37.3 Å². The first kappa shape index (κ1) is 16.0. The number of methoxy groups -OCH3 is 1. The molecule has 0 heterocycles. The van der Waals surface area contributed by atoms with Crippen molar-refractivity contribution in [1.82, 2.24) is 0 Å². The normalized spacial score (nSPS) is 20.5. The maximum absolute atomic E-state index is 12.2. The molecule has 21 heavy (non-hydrogen) atoms. The quantitative estimate of drug-likeness (QED) is 0.844. The van der Waals surface area contributed by atoms with E-state index < -0.39 is 12.0 Å². The van der Waals surface area contributed by atoms with Crippen molar-refractivity contribution in [3.05, 3.63) is 35.9 Å². The second-order valence-corrected chi connectivity index (χ2v) is 6.14. The van der Waals surface area contributed by atoms with E-state index in [9.17, 15) is 9.90 Å². The van der Waals surface area contributed by atoms with Crippen molar-refractivity contribution in [2.24, 2.45) is 11.8 Å². The van der Waals surface area contributed by atoms with Crippen molar-refractivity contribution in [3.63, 3.8) is 0 Å². The predicted molar refractivity (Wildman–Crippen MR) is 82.9 cm³/mol. The van der Waals surface area contributed by atoms with Crippen molar-refractivity contribution in [1.29, 1.82) is 0 Å². The molecule has 0 spiro atoms. The minimum absolute atomic E-state index is 0.0458. The number of rotatable bonds is 5. The summed E-state index contributed by atoms with van der Waals surface area (Å²) in [6, 6.07) is 9.91. The summed E-state index contributed by atoms with van der Waals surface area (Å²) in [5.74, 6) is -0.616. The highest BCUT2D eigenvalue weighted by Gasteiger charge is 2.38. The monoisotopic (exact) mass is 290 g/mol. The third-order valence-electron chi connectivity index (χ3n) is 4.84. The van der Waals surface area contributed by atoms with E-state index in [1.54, 1.807) is 0 Å². The minimum Gasteiger partial charge on any atom is -0.469 e. The number of carbonyl (C=O) groups excluding carboxylic acids is 1. The lowest BCUT2D eigenvalue weighted by Crippen LogP contribution is -2.39. The second kappa shape index (κ2) is 7.60. The average Bonchev–Trinajstić information content (AvgIpc) is 2.56. The van der Waals surface area contributed by atoms with Gasteiger partial charge in [0.1, 0.15) is 0 Å². The van der Waals surface area contributed by atoms with Gasteiger partial charge in [-0.2, -0.15) is 0 Å². The van der Waals surface area contributed by atoms with Crippen molar-refractivity contribution in [3.8, 4) is 0 Å². The van der Waals surface area contributed by atoms with E-state index >= 15 is 0 Å². The SMILES string of the molecule is COC(=O)[C@@H]([C@H](C)c1ccccc1)[C@@H](O)C1CCCCC1. The van der Waals surface area contributed by atoms with Crippen LogP contribution >= 0.6 is 0 Å². The smallest absolute Gasteiger partial charge is 0.311 e. The molecule has 1 saturated carbocycles. The first-order chi connectivity index (χ1) is 10.1. The molecule has 2 rings (SSSR count). The number of carbonyl (C=O) groups is 1. The van der Waals surface area contributed by atoms with Crippen LogP contribution in [-0.4, -0.2) is 24.3 Å². The number of aliphatic hydroxyl groups is 1. The van der Waals surface area contributed by atoms with Gasteiger partial charge >= 0.3 is 5.97 Å². The van der Waals surface area contributed by atoms with Crippen LogP contribution in [0.3, 0.4) is 0 Å². The fourth-order valence-corrected chi connectivity index (χ4v) is 3.51. The van der Waals surface area contributed by atoms with E-state index in [-0.39, 0.29) is 17.8 Å². The van der Waals surface area contributed by atoms with E-state index in [0.29, 0.717) is 0 Å². The molecule has 1 aromatic rings. The summed E-state index contributed by atoms with van der Waals surface area (Å²) in [6.45, 7) is 2.00. The minimum atomic E-state index is -0.618. The number of esters is 1. The molecule has 1 aliphatic carbocycles. The molecular weight excluding hydrogens is 264 g/mol. The van der Waals surface area contributed by atoms with Crippen LogP contribution in [0.15, 0.2) is 30.3 Å². The number of ether oxygens (including phenoxy) is 1. The average molecular weight is 290 g/mol. The maximum atomic E-state index is 12.2. The van der Waals surface area contributed by atoms with Crippen LogP contribution in [0.2, 0.25) is 0 Å². The molecular formula is C18H26O3. The topological polar surface area (TPSA) is 46.5 Å². The highest BCUT2D eigenvalue weighted by atomic mass is 16.5. The molecule has 3 heteroatoms. The Hall–Kier alpha value is -1.35. The number of benzene rings is 1. The molecule has 0 bridgehead atoms. The molecule has 3 atom stereocenters. The van der Waals surface area contributed by atoms with E-state index in [1.165, 1.54) is 13.5 Å². The Kier molecular flexibility index (Phi) is 5.80. The van der Waals surface area contributed by atoms with Gasteiger partial charge in [-0.15, -0.1) is 0 Å². The molecule has 0 amide bonds. The molecule has 1 aliphatic rings. The summed E-state index contributed by atoms with van der Waals surface area (Å²) in [4.78, 5) is 12.2. The zero-order chi connectivity index (χ0) is 15.2. The molecule has 1 N–H and O–H groups in total. The standard InChI is InChI=1S/C18H26O3/c1-13(14-9-5-3-6-10-14)16(18(20)21-2)17(19)15-11-7-4-8-12-15/h3,5-6,9-10,13,15-17,19H,4,7-8,11-12H2,1-2H3/t13-,16+,17+/m1/s1. The lowest BCUT2D eigenvalue weighted by molar-refractivity contribution is -0.152. The van der Waals surface area contributed by atoms with Gasteiger partial charge in [-0.25, -0.2) is 0 Å². The van der Waals surface area contributed by atoms with Gasteiger partial charge < -0.3 is 9.84 Å². The predicted octanol–water partition coefficient (Wildman–Crippen LogP) is 3.52.